The zero-order valence-corrected chi connectivity index (χ0v) is 14.2. The van der Waals surface area contributed by atoms with E-state index in [0.29, 0.717) is 6.54 Å². The molecule has 0 aliphatic heterocycles. The molecule has 0 saturated heterocycles. The molecule has 2 rings (SSSR count). The number of hydrogen-bond acceptors (Lipinski definition) is 4. The summed E-state index contributed by atoms with van der Waals surface area (Å²) in [6.07, 6.45) is 4.15. The van der Waals surface area contributed by atoms with Crippen molar-refractivity contribution in [2.75, 3.05) is 6.54 Å². The van der Waals surface area contributed by atoms with Gasteiger partial charge in [-0.25, -0.2) is 0 Å². The normalized spacial score (nSPS) is 21.6. The van der Waals surface area contributed by atoms with Crippen LogP contribution < -0.4 is 5.32 Å². The Morgan fingerprint density at radius 3 is 2.64 bits per heavy atom. The van der Waals surface area contributed by atoms with Crippen LogP contribution in [0.5, 0.6) is 0 Å². The van der Waals surface area contributed by atoms with E-state index < -0.39 is 0 Å². The lowest BCUT2D eigenvalue weighted by Gasteiger charge is -2.27. The molecule has 2 N–H and O–H groups in total. The van der Waals surface area contributed by atoms with Gasteiger partial charge in [-0.3, -0.25) is 9.59 Å². The molecule has 1 amide bonds. The molecule has 0 spiro atoms. The van der Waals surface area contributed by atoms with Gasteiger partial charge in [0.05, 0.1) is 6.10 Å². The molecule has 1 aliphatic carbocycles. The summed E-state index contributed by atoms with van der Waals surface area (Å²) in [7, 11) is 0. The van der Waals surface area contributed by atoms with Gasteiger partial charge in [0.25, 0.3) is 0 Å². The summed E-state index contributed by atoms with van der Waals surface area (Å²) < 4.78 is 0. The predicted molar refractivity (Wildman–Crippen MR) is 88.3 cm³/mol. The summed E-state index contributed by atoms with van der Waals surface area (Å²) in [5, 5.41) is 12.7. The van der Waals surface area contributed by atoms with Crippen molar-refractivity contribution in [2.24, 2.45) is 5.92 Å². The van der Waals surface area contributed by atoms with Crippen molar-refractivity contribution in [2.45, 2.75) is 58.5 Å². The largest absolute Gasteiger partial charge is 0.393 e. The van der Waals surface area contributed by atoms with Gasteiger partial charge in [-0.15, -0.1) is 11.3 Å². The number of thiophene rings is 1. The Kier molecular flexibility index (Phi) is 6.15. The fourth-order valence-electron chi connectivity index (χ4n) is 3.03. The van der Waals surface area contributed by atoms with Gasteiger partial charge in [0.2, 0.25) is 5.91 Å². The number of nitrogens with one attached hydrogen (secondary N) is 1. The third-order valence-electron chi connectivity index (χ3n) is 4.35. The fourth-order valence-corrected chi connectivity index (χ4v) is 3.97. The van der Waals surface area contributed by atoms with E-state index in [2.05, 4.69) is 5.32 Å². The third-order valence-corrected chi connectivity index (χ3v) is 5.32. The second-order valence-electron chi connectivity index (χ2n) is 6.17. The Balaban J connectivity index is 1.73. The first-order valence-corrected chi connectivity index (χ1v) is 8.84. The second kappa shape index (κ2) is 7.88. The van der Waals surface area contributed by atoms with Gasteiger partial charge < -0.3 is 10.4 Å². The van der Waals surface area contributed by atoms with Gasteiger partial charge in [-0.05, 0) is 32.8 Å². The zero-order chi connectivity index (χ0) is 16.1. The van der Waals surface area contributed by atoms with Crippen molar-refractivity contribution in [1.29, 1.82) is 0 Å². The van der Waals surface area contributed by atoms with Crippen LogP contribution in [0.2, 0.25) is 0 Å². The second-order valence-corrected chi connectivity index (χ2v) is 7.63. The predicted octanol–water partition coefficient (Wildman–Crippen LogP) is 3.00. The molecule has 122 valence electrons. The summed E-state index contributed by atoms with van der Waals surface area (Å²) >= 11 is 1.61. The average molecular weight is 323 g/mol. The van der Waals surface area contributed by atoms with E-state index in [1.54, 1.807) is 11.3 Å². The van der Waals surface area contributed by atoms with Crippen molar-refractivity contribution in [1.82, 2.24) is 5.32 Å². The van der Waals surface area contributed by atoms with Crippen LogP contribution >= 0.6 is 11.3 Å². The van der Waals surface area contributed by atoms with Crippen LogP contribution in [0.4, 0.5) is 0 Å². The Morgan fingerprint density at radius 1 is 1.27 bits per heavy atom. The molecule has 5 heteroatoms. The molecule has 4 nitrogen and oxygen atoms in total. The molecule has 1 saturated carbocycles. The number of carbonyl (C=O) groups is 2. The van der Waals surface area contributed by atoms with E-state index in [-0.39, 0.29) is 36.6 Å². The van der Waals surface area contributed by atoms with Gasteiger partial charge in [0.15, 0.2) is 5.78 Å². The molecule has 1 aliphatic rings. The molecule has 1 fully saturated rings. The summed E-state index contributed by atoms with van der Waals surface area (Å²) in [5.74, 6) is 0.0978. The Hall–Kier alpha value is -1.20. The van der Waals surface area contributed by atoms with E-state index in [4.69, 9.17) is 0 Å². The number of carbonyl (C=O) groups excluding carboxylic acids is 2. The summed E-state index contributed by atoms with van der Waals surface area (Å²) in [4.78, 5) is 26.1. The molecule has 1 aromatic heterocycles. The average Bonchev–Trinajstić information content (AvgIpc) is 2.82. The minimum absolute atomic E-state index is 0.0368. The first kappa shape index (κ1) is 17.2. The molecule has 1 aromatic rings. The molecule has 22 heavy (non-hydrogen) atoms. The molecule has 1 heterocycles. The number of ketones is 1. The Morgan fingerprint density at radius 2 is 2.00 bits per heavy atom. The highest BCUT2D eigenvalue weighted by Gasteiger charge is 2.23. The maximum atomic E-state index is 12.1. The molecular formula is C17H25NO3S. The van der Waals surface area contributed by atoms with Crippen LogP contribution in [0.25, 0.3) is 0 Å². The van der Waals surface area contributed by atoms with Crippen LogP contribution in [0.15, 0.2) is 6.07 Å². The number of aliphatic hydroxyl groups excluding tert-OH is 1. The van der Waals surface area contributed by atoms with Gasteiger partial charge >= 0.3 is 0 Å². The highest BCUT2D eigenvalue weighted by Crippen LogP contribution is 2.24. The Bertz CT molecular complexity index is 538. The van der Waals surface area contributed by atoms with Gasteiger partial charge in [0, 0.05) is 40.6 Å². The van der Waals surface area contributed by atoms with E-state index in [1.165, 1.54) is 0 Å². The van der Waals surface area contributed by atoms with Crippen LogP contribution in [0.3, 0.4) is 0 Å². The number of aryl methyl sites for hydroxylation is 2. The van der Waals surface area contributed by atoms with Crippen molar-refractivity contribution in [3.05, 3.63) is 21.4 Å². The minimum atomic E-state index is -0.299. The van der Waals surface area contributed by atoms with E-state index in [0.717, 1.165) is 41.0 Å². The highest BCUT2D eigenvalue weighted by molar-refractivity contribution is 7.12. The number of hydrogen-bond donors (Lipinski definition) is 2. The summed E-state index contributed by atoms with van der Waals surface area (Å²) in [6.45, 7) is 4.44. The van der Waals surface area contributed by atoms with Gasteiger partial charge in [-0.2, -0.15) is 0 Å². The Labute approximate surface area is 135 Å². The first-order valence-electron chi connectivity index (χ1n) is 8.02. The number of rotatable bonds is 6. The molecule has 0 aromatic carbocycles. The minimum Gasteiger partial charge on any atom is -0.393 e. The quantitative estimate of drug-likeness (QED) is 0.791. The van der Waals surface area contributed by atoms with E-state index in [1.807, 2.05) is 19.9 Å². The maximum absolute atomic E-state index is 12.1. The maximum Gasteiger partial charge on any atom is 0.220 e. The lowest BCUT2D eigenvalue weighted by Crippen LogP contribution is -2.36. The molecule has 0 radical (unpaired) electrons. The molecule has 0 bridgehead atoms. The van der Waals surface area contributed by atoms with E-state index in [9.17, 15) is 14.7 Å². The van der Waals surface area contributed by atoms with Crippen LogP contribution in [0.1, 0.15) is 58.6 Å². The van der Waals surface area contributed by atoms with Crippen molar-refractivity contribution in [3.63, 3.8) is 0 Å². The smallest absolute Gasteiger partial charge is 0.220 e. The van der Waals surface area contributed by atoms with E-state index >= 15 is 0 Å². The SMILES string of the molecule is Cc1cc(C(=O)CCC(=O)NCC2CCCCC2O)c(C)s1. The van der Waals surface area contributed by atoms with Crippen molar-refractivity contribution in [3.8, 4) is 0 Å². The third kappa shape index (κ3) is 4.65. The molecule has 2 atom stereocenters. The van der Waals surface area contributed by atoms with Gasteiger partial charge in [0.1, 0.15) is 0 Å². The molecular weight excluding hydrogens is 298 g/mol. The van der Waals surface area contributed by atoms with Gasteiger partial charge in [-0.1, -0.05) is 12.8 Å². The topological polar surface area (TPSA) is 66.4 Å². The lowest BCUT2D eigenvalue weighted by molar-refractivity contribution is -0.121. The van der Waals surface area contributed by atoms with Crippen LogP contribution in [-0.4, -0.2) is 29.4 Å². The lowest BCUT2D eigenvalue weighted by atomic mass is 9.86. The van der Waals surface area contributed by atoms with Crippen LogP contribution in [0, 0.1) is 19.8 Å². The standard InChI is InChI=1S/C17H25NO3S/c1-11-9-14(12(2)22-11)16(20)7-8-17(21)18-10-13-5-3-4-6-15(13)19/h9,13,15,19H,3-8,10H2,1-2H3,(H,18,21). The fraction of sp³-hybridized carbons (Fsp3) is 0.647. The number of Topliss-reactive ketones (excluding diaryl/α,β-unsaturated/α-hetero) is 1. The van der Waals surface area contributed by atoms with Crippen molar-refractivity contribution < 1.29 is 14.7 Å². The summed E-state index contributed by atoms with van der Waals surface area (Å²) in [6, 6.07) is 1.90. The number of aliphatic hydroxyl groups is 1. The van der Waals surface area contributed by atoms with Crippen molar-refractivity contribution >= 4 is 23.0 Å². The van der Waals surface area contributed by atoms with Crippen LogP contribution in [-0.2, 0) is 4.79 Å². The summed E-state index contributed by atoms with van der Waals surface area (Å²) in [5.41, 5.74) is 0.748. The number of amides is 1. The zero-order valence-electron chi connectivity index (χ0n) is 13.4. The molecule has 2 unspecified atom stereocenters. The first-order chi connectivity index (χ1) is 10.5. The highest BCUT2D eigenvalue weighted by atomic mass is 32.1. The monoisotopic (exact) mass is 323 g/mol.